The lowest BCUT2D eigenvalue weighted by molar-refractivity contribution is 0.0680. The van der Waals surface area contributed by atoms with Gasteiger partial charge in [0.1, 0.15) is 11.1 Å². The fourth-order valence-electron chi connectivity index (χ4n) is 4.35. The van der Waals surface area contributed by atoms with E-state index in [0.717, 1.165) is 38.5 Å². The monoisotopic (exact) mass is 387 g/mol. The van der Waals surface area contributed by atoms with Crippen LogP contribution in [-0.4, -0.2) is 40.4 Å². The third kappa shape index (κ3) is 4.83. The van der Waals surface area contributed by atoms with Crippen LogP contribution in [0, 0.1) is 11.8 Å². The second kappa shape index (κ2) is 8.93. The minimum absolute atomic E-state index is 0.0865. The van der Waals surface area contributed by atoms with E-state index in [2.05, 4.69) is 26.1 Å². The predicted octanol–water partition coefficient (Wildman–Crippen LogP) is 3.05. The van der Waals surface area contributed by atoms with Gasteiger partial charge in [0, 0.05) is 38.1 Å². The Labute approximate surface area is 167 Å². The highest BCUT2D eigenvalue weighted by atomic mass is 16.2. The smallest absolute Gasteiger partial charge is 0.259 e. The Morgan fingerprint density at radius 2 is 1.79 bits per heavy atom. The predicted molar refractivity (Wildman–Crippen MR) is 110 cm³/mol. The van der Waals surface area contributed by atoms with Crippen molar-refractivity contribution in [3.63, 3.8) is 0 Å². The number of carbonyl (C=O) groups is 2. The molecule has 2 heterocycles. The molecule has 1 aromatic heterocycles. The molecule has 1 N–H and O–H groups in total. The minimum atomic E-state index is -0.446. The van der Waals surface area contributed by atoms with Gasteiger partial charge in [-0.3, -0.25) is 14.4 Å². The molecule has 0 bridgehead atoms. The summed E-state index contributed by atoms with van der Waals surface area (Å²) in [5.41, 5.74) is -0.240. The molecule has 28 heavy (non-hydrogen) atoms. The molecular formula is C22H33N3O3. The molecular weight excluding hydrogens is 354 g/mol. The van der Waals surface area contributed by atoms with Gasteiger partial charge in [0.2, 0.25) is 5.43 Å². The number of aromatic nitrogens is 1. The zero-order valence-corrected chi connectivity index (χ0v) is 17.4. The van der Waals surface area contributed by atoms with Crippen LogP contribution >= 0.6 is 0 Å². The summed E-state index contributed by atoms with van der Waals surface area (Å²) in [6.45, 7) is 8.27. The van der Waals surface area contributed by atoms with Crippen molar-refractivity contribution in [2.24, 2.45) is 11.8 Å². The Balaban J connectivity index is 1.92. The van der Waals surface area contributed by atoms with Gasteiger partial charge < -0.3 is 14.8 Å². The van der Waals surface area contributed by atoms with Gasteiger partial charge in [-0.25, -0.2) is 0 Å². The van der Waals surface area contributed by atoms with E-state index < -0.39 is 5.43 Å². The molecule has 0 radical (unpaired) electrons. The third-order valence-electron chi connectivity index (χ3n) is 5.76. The van der Waals surface area contributed by atoms with E-state index in [9.17, 15) is 14.4 Å². The molecule has 0 spiro atoms. The Morgan fingerprint density at radius 1 is 1.11 bits per heavy atom. The minimum Gasteiger partial charge on any atom is -0.352 e. The van der Waals surface area contributed by atoms with Gasteiger partial charge in [-0.05, 0) is 37.5 Å². The maximum atomic E-state index is 13.1. The third-order valence-corrected chi connectivity index (χ3v) is 5.76. The van der Waals surface area contributed by atoms with Crippen LogP contribution in [0.1, 0.15) is 80.0 Å². The van der Waals surface area contributed by atoms with Crippen LogP contribution in [0.3, 0.4) is 0 Å². The van der Waals surface area contributed by atoms with Crippen LogP contribution in [-0.2, 0) is 6.54 Å². The van der Waals surface area contributed by atoms with E-state index in [1.54, 1.807) is 17.3 Å². The average Bonchev–Trinajstić information content (AvgIpc) is 3.15. The van der Waals surface area contributed by atoms with Crippen molar-refractivity contribution in [3.8, 4) is 0 Å². The topological polar surface area (TPSA) is 71.4 Å². The largest absolute Gasteiger partial charge is 0.352 e. The zero-order chi connectivity index (χ0) is 20.3. The quantitative estimate of drug-likeness (QED) is 0.844. The molecule has 6 nitrogen and oxygen atoms in total. The van der Waals surface area contributed by atoms with Crippen LogP contribution in [0.2, 0.25) is 0 Å². The molecule has 1 saturated carbocycles. The number of hydrogen-bond donors (Lipinski definition) is 1. The highest BCUT2D eigenvalue weighted by molar-refractivity contribution is 5.99. The summed E-state index contributed by atoms with van der Waals surface area (Å²) >= 11 is 0. The lowest BCUT2D eigenvalue weighted by atomic mass is 9.99. The number of carbonyl (C=O) groups excluding carboxylic acids is 2. The van der Waals surface area contributed by atoms with Crippen molar-refractivity contribution < 1.29 is 9.59 Å². The number of likely N-dealkylation sites (tertiary alicyclic amines) is 1. The van der Waals surface area contributed by atoms with Gasteiger partial charge in [-0.1, -0.05) is 33.6 Å². The first-order valence-electron chi connectivity index (χ1n) is 10.7. The van der Waals surface area contributed by atoms with Gasteiger partial charge in [-0.2, -0.15) is 0 Å². The molecule has 2 aliphatic rings. The van der Waals surface area contributed by atoms with Crippen LogP contribution < -0.4 is 10.7 Å². The fraction of sp³-hybridized carbons (Fsp3) is 0.682. The summed E-state index contributed by atoms with van der Waals surface area (Å²) in [5, 5.41) is 2.99. The SMILES string of the molecule is CC(C)Cn1cc(C(=O)NC2CCCC2)c(=O)c(C(=O)N2CCCC(C)C2)c1. The fourth-order valence-corrected chi connectivity index (χ4v) is 4.35. The molecule has 1 aliphatic heterocycles. The number of amides is 2. The first-order valence-corrected chi connectivity index (χ1v) is 10.7. The highest BCUT2D eigenvalue weighted by Gasteiger charge is 2.27. The summed E-state index contributed by atoms with van der Waals surface area (Å²) in [6, 6.07) is 0.132. The number of rotatable bonds is 5. The lowest BCUT2D eigenvalue weighted by Gasteiger charge is -2.31. The number of hydrogen-bond acceptors (Lipinski definition) is 3. The van der Waals surface area contributed by atoms with E-state index >= 15 is 0 Å². The van der Waals surface area contributed by atoms with Crippen molar-refractivity contribution in [1.29, 1.82) is 0 Å². The van der Waals surface area contributed by atoms with E-state index in [0.29, 0.717) is 31.5 Å². The van der Waals surface area contributed by atoms with E-state index in [1.165, 1.54) is 0 Å². The molecule has 3 rings (SSSR count). The first-order chi connectivity index (χ1) is 13.3. The summed E-state index contributed by atoms with van der Waals surface area (Å²) in [6.07, 6.45) is 9.42. The molecule has 1 saturated heterocycles. The van der Waals surface area contributed by atoms with Crippen molar-refractivity contribution in [1.82, 2.24) is 14.8 Å². The first kappa shape index (κ1) is 20.6. The zero-order valence-electron chi connectivity index (χ0n) is 17.4. The van der Waals surface area contributed by atoms with Gasteiger partial charge in [0.15, 0.2) is 0 Å². The number of nitrogens with zero attached hydrogens (tertiary/aromatic N) is 2. The van der Waals surface area contributed by atoms with Crippen molar-refractivity contribution in [2.75, 3.05) is 13.1 Å². The second-order valence-electron chi connectivity index (χ2n) is 8.96. The van der Waals surface area contributed by atoms with E-state index in [1.807, 2.05) is 4.57 Å². The maximum absolute atomic E-state index is 13.1. The molecule has 154 valence electrons. The average molecular weight is 388 g/mol. The van der Waals surface area contributed by atoms with Crippen molar-refractivity contribution in [2.45, 2.75) is 71.9 Å². The normalized spacial score (nSPS) is 20.6. The Morgan fingerprint density at radius 3 is 2.43 bits per heavy atom. The standard InChI is InChI=1S/C22H33N3O3/c1-15(2)11-24-13-18(21(27)23-17-8-4-5-9-17)20(26)19(14-24)22(28)25-10-6-7-16(3)12-25/h13-17H,4-12H2,1-3H3,(H,23,27). The Kier molecular flexibility index (Phi) is 6.57. The van der Waals surface area contributed by atoms with Crippen molar-refractivity contribution in [3.05, 3.63) is 33.7 Å². The van der Waals surface area contributed by atoms with Gasteiger partial charge in [0.25, 0.3) is 11.8 Å². The van der Waals surface area contributed by atoms with Gasteiger partial charge in [0.05, 0.1) is 0 Å². The Hall–Kier alpha value is -2.11. The second-order valence-corrected chi connectivity index (χ2v) is 8.96. The van der Waals surface area contributed by atoms with E-state index in [4.69, 9.17) is 0 Å². The molecule has 2 fully saturated rings. The molecule has 1 unspecified atom stereocenters. The van der Waals surface area contributed by atoms with Crippen LogP contribution in [0.4, 0.5) is 0 Å². The molecule has 1 aliphatic carbocycles. The molecule has 1 atom stereocenters. The molecule has 2 amide bonds. The molecule has 6 heteroatoms. The van der Waals surface area contributed by atoms with Crippen LogP contribution in [0.25, 0.3) is 0 Å². The summed E-state index contributed by atoms with van der Waals surface area (Å²) < 4.78 is 1.83. The molecule has 1 aromatic rings. The lowest BCUT2D eigenvalue weighted by Crippen LogP contribution is -2.43. The summed E-state index contributed by atoms with van der Waals surface area (Å²) in [5.74, 6) is 0.177. The summed E-state index contributed by atoms with van der Waals surface area (Å²) in [7, 11) is 0. The summed E-state index contributed by atoms with van der Waals surface area (Å²) in [4.78, 5) is 40.8. The van der Waals surface area contributed by atoms with Gasteiger partial charge >= 0.3 is 0 Å². The highest BCUT2D eigenvalue weighted by Crippen LogP contribution is 2.19. The number of piperidine rings is 1. The van der Waals surface area contributed by atoms with E-state index in [-0.39, 0.29) is 29.0 Å². The van der Waals surface area contributed by atoms with Crippen LogP contribution in [0.15, 0.2) is 17.2 Å². The number of pyridine rings is 1. The van der Waals surface area contributed by atoms with Gasteiger partial charge in [-0.15, -0.1) is 0 Å². The molecule has 0 aromatic carbocycles. The Bertz CT molecular complexity index is 778. The maximum Gasteiger partial charge on any atom is 0.259 e. The van der Waals surface area contributed by atoms with Crippen molar-refractivity contribution >= 4 is 11.8 Å². The van der Waals surface area contributed by atoms with Crippen LogP contribution in [0.5, 0.6) is 0 Å². The number of nitrogens with one attached hydrogen (secondary N) is 1.